The van der Waals surface area contributed by atoms with E-state index in [2.05, 4.69) is 9.78 Å². The van der Waals surface area contributed by atoms with E-state index < -0.39 is 17.7 Å². The zero-order valence-electron chi connectivity index (χ0n) is 7.21. The molecular weight excluding hydrogens is 148 g/mol. The van der Waals surface area contributed by atoms with Crippen LogP contribution >= 0.6 is 0 Å². The fourth-order valence-electron chi connectivity index (χ4n) is 0.234. The Balaban J connectivity index is 3.64. The van der Waals surface area contributed by atoms with Gasteiger partial charge in [0.25, 0.3) is 0 Å². The van der Waals surface area contributed by atoms with Gasteiger partial charge in [0.05, 0.1) is 0 Å². The van der Waals surface area contributed by atoms with Crippen molar-refractivity contribution in [3.8, 4) is 0 Å². The summed E-state index contributed by atoms with van der Waals surface area (Å²) in [6.45, 7) is 6.36. The van der Waals surface area contributed by atoms with Crippen molar-refractivity contribution in [1.82, 2.24) is 0 Å². The molecule has 0 saturated carbocycles. The molecule has 1 radical (unpaired) electrons. The first kappa shape index (κ1) is 10.4. The quantitative estimate of drug-likeness (QED) is 0.449. The van der Waals surface area contributed by atoms with E-state index in [1.807, 2.05) is 0 Å². The van der Waals surface area contributed by atoms with Crippen molar-refractivity contribution in [2.24, 2.45) is 0 Å². The fourth-order valence-corrected chi connectivity index (χ4v) is 0.234. The molecule has 4 heteroatoms. The fraction of sp³-hybridized carbons (Fsp3) is 0.857. The van der Waals surface area contributed by atoms with Crippen LogP contribution in [0, 0.1) is 0 Å². The lowest BCUT2D eigenvalue weighted by molar-refractivity contribution is -0.325. The second kappa shape index (κ2) is 3.69. The molecule has 0 spiro atoms. The van der Waals surface area contributed by atoms with E-state index >= 15 is 0 Å². The highest BCUT2D eigenvalue weighted by Crippen LogP contribution is 2.07. The van der Waals surface area contributed by atoms with Crippen LogP contribution < -0.4 is 0 Å². The minimum Gasteiger partial charge on any atom is -0.295 e. The number of carbonyl (C=O) groups is 1. The Bertz CT molecular complexity index is 134. The Kier molecular flexibility index (Phi) is 3.48. The highest BCUT2D eigenvalue weighted by molar-refractivity contribution is 5.73. The van der Waals surface area contributed by atoms with Crippen LogP contribution in [0.3, 0.4) is 0 Å². The smallest absolute Gasteiger partial charge is 0.295 e. The summed E-state index contributed by atoms with van der Waals surface area (Å²) in [5.74, 6) is -0.889. The van der Waals surface area contributed by atoms with Crippen LogP contribution in [0.25, 0.3) is 0 Å². The molecule has 0 amide bonds. The maximum absolute atomic E-state index is 10.5. The molecule has 4 nitrogen and oxygen atoms in total. The van der Waals surface area contributed by atoms with Crippen LogP contribution in [0.4, 0.5) is 0 Å². The predicted molar refractivity (Wildman–Crippen MR) is 37.1 cm³/mol. The van der Waals surface area contributed by atoms with Crippen molar-refractivity contribution in [1.29, 1.82) is 0 Å². The second-order valence-corrected chi connectivity index (χ2v) is 3.24. The molecule has 0 aromatic rings. The highest BCUT2D eigenvalue weighted by Gasteiger charge is 2.18. The minimum absolute atomic E-state index is 0.565. The lowest BCUT2D eigenvalue weighted by Crippen LogP contribution is -2.26. The van der Waals surface area contributed by atoms with E-state index in [1.165, 1.54) is 6.92 Å². The number of rotatable bonds is 2. The third kappa shape index (κ3) is 5.82. The summed E-state index contributed by atoms with van der Waals surface area (Å²) in [4.78, 5) is 19.3. The Morgan fingerprint density at radius 2 is 1.82 bits per heavy atom. The summed E-state index contributed by atoms with van der Waals surface area (Å²) in [6.07, 6.45) is -1.39. The molecule has 0 aromatic heterocycles. The van der Waals surface area contributed by atoms with E-state index in [0.717, 1.165) is 0 Å². The molecule has 0 saturated heterocycles. The normalized spacial score (nSPS) is 14.3. The van der Waals surface area contributed by atoms with Crippen molar-refractivity contribution >= 4 is 5.97 Å². The number of carbonyl (C=O) groups excluding carboxylic acids is 1. The molecule has 0 aliphatic rings. The van der Waals surface area contributed by atoms with Gasteiger partial charge in [0, 0.05) is 0 Å². The lowest BCUT2D eigenvalue weighted by Gasteiger charge is -2.16. The Labute approximate surface area is 66.0 Å². The van der Waals surface area contributed by atoms with E-state index in [1.54, 1.807) is 20.8 Å². The van der Waals surface area contributed by atoms with Gasteiger partial charge in [0.1, 0.15) is 5.60 Å². The van der Waals surface area contributed by atoms with Crippen molar-refractivity contribution in [2.45, 2.75) is 39.4 Å². The predicted octanol–water partition coefficient (Wildman–Crippen LogP) is 1.08. The molecule has 0 aromatic carbocycles. The van der Waals surface area contributed by atoms with Gasteiger partial charge in [-0.15, -0.1) is 0 Å². The first-order valence-corrected chi connectivity index (χ1v) is 3.38. The van der Waals surface area contributed by atoms with Gasteiger partial charge in [-0.05, 0) is 27.7 Å². The molecule has 0 N–H and O–H groups in total. The first-order chi connectivity index (χ1) is 4.83. The topological polar surface area (TPSA) is 55.4 Å². The van der Waals surface area contributed by atoms with Gasteiger partial charge in [0.15, 0.2) is 6.10 Å². The van der Waals surface area contributed by atoms with Crippen LogP contribution in [0.2, 0.25) is 0 Å². The molecule has 0 rings (SSSR count). The van der Waals surface area contributed by atoms with Crippen LogP contribution in [0.5, 0.6) is 0 Å². The van der Waals surface area contributed by atoms with Crippen molar-refractivity contribution in [3.05, 3.63) is 0 Å². The lowest BCUT2D eigenvalue weighted by atomic mass is 10.2. The molecular formula is C7H13O4. The van der Waals surface area contributed by atoms with E-state index in [9.17, 15) is 9.90 Å². The van der Waals surface area contributed by atoms with Gasteiger partial charge < -0.3 is 0 Å². The molecule has 0 heterocycles. The van der Waals surface area contributed by atoms with Crippen molar-refractivity contribution in [2.75, 3.05) is 0 Å². The Hall–Kier alpha value is -0.610. The van der Waals surface area contributed by atoms with Gasteiger partial charge in [-0.25, -0.2) is 9.90 Å². The molecule has 0 bridgehead atoms. The van der Waals surface area contributed by atoms with Gasteiger partial charge in [0.2, 0.25) is 0 Å². The first-order valence-electron chi connectivity index (χ1n) is 3.38. The molecule has 1 atom stereocenters. The van der Waals surface area contributed by atoms with E-state index in [0.29, 0.717) is 0 Å². The SMILES string of the molecule is CC([O])C(=O)OOC(C)(C)C. The monoisotopic (exact) mass is 161 g/mol. The van der Waals surface area contributed by atoms with Gasteiger partial charge in [-0.1, -0.05) is 0 Å². The molecule has 0 fully saturated rings. The summed E-state index contributed by atoms with van der Waals surface area (Å²) in [6, 6.07) is 0. The number of hydrogen-bond acceptors (Lipinski definition) is 3. The van der Waals surface area contributed by atoms with Gasteiger partial charge in [-0.2, -0.15) is 4.89 Å². The second-order valence-electron chi connectivity index (χ2n) is 3.24. The third-order valence-electron chi connectivity index (χ3n) is 0.706. The summed E-state index contributed by atoms with van der Waals surface area (Å²) >= 11 is 0. The summed E-state index contributed by atoms with van der Waals surface area (Å²) < 4.78 is 0. The van der Waals surface area contributed by atoms with Crippen molar-refractivity contribution < 1.29 is 19.7 Å². The average molecular weight is 161 g/mol. The summed E-state index contributed by atoms with van der Waals surface area (Å²) in [5, 5.41) is 10.4. The Morgan fingerprint density at radius 3 is 2.09 bits per heavy atom. The van der Waals surface area contributed by atoms with Crippen LogP contribution in [0.1, 0.15) is 27.7 Å². The average Bonchev–Trinajstić information content (AvgIpc) is 1.80. The van der Waals surface area contributed by atoms with Gasteiger partial charge in [-0.3, -0.25) is 4.89 Å². The molecule has 65 valence electrons. The van der Waals surface area contributed by atoms with E-state index in [-0.39, 0.29) is 0 Å². The minimum atomic E-state index is -1.39. The zero-order valence-corrected chi connectivity index (χ0v) is 7.21. The van der Waals surface area contributed by atoms with Crippen LogP contribution in [0.15, 0.2) is 0 Å². The maximum Gasteiger partial charge on any atom is 0.373 e. The molecule has 0 aliphatic carbocycles. The summed E-state index contributed by atoms with van der Waals surface area (Å²) in [5.41, 5.74) is -0.565. The maximum atomic E-state index is 10.5. The molecule has 11 heavy (non-hydrogen) atoms. The highest BCUT2D eigenvalue weighted by atomic mass is 17.2. The molecule has 1 unspecified atom stereocenters. The molecule has 0 aliphatic heterocycles. The van der Waals surface area contributed by atoms with Gasteiger partial charge >= 0.3 is 5.97 Å². The van der Waals surface area contributed by atoms with Crippen molar-refractivity contribution in [3.63, 3.8) is 0 Å². The Morgan fingerprint density at radius 1 is 1.36 bits per heavy atom. The number of hydrogen-bond donors (Lipinski definition) is 0. The van der Waals surface area contributed by atoms with Crippen LogP contribution in [-0.4, -0.2) is 17.7 Å². The largest absolute Gasteiger partial charge is 0.373 e. The standard InChI is InChI=1S/C7H13O4/c1-5(8)6(9)10-11-7(2,3)4/h5H,1-4H3. The third-order valence-corrected chi connectivity index (χ3v) is 0.706. The van der Waals surface area contributed by atoms with Crippen LogP contribution in [-0.2, 0) is 19.7 Å². The summed E-state index contributed by atoms with van der Waals surface area (Å²) in [7, 11) is 0. The van der Waals surface area contributed by atoms with E-state index in [4.69, 9.17) is 0 Å². The zero-order chi connectivity index (χ0) is 9.07.